The second kappa shape index (κ2) is 6.25. The Balaban J connectivity index is 1.87. The van der Waals surface area contributed by atoms with Crippen molar-refractivity contribution in [3.8, 4) is 6.07 Å². The van der Waals surface area contributed by atoms with E-state index in [1.54, 1.807) is 0 Å². The summed E-state index contributed by atoms with van der Waals surface area (Å²) in [5.41, 5.74) is 0. The lowest BCUT2D eigenvalue weighted by Crippen LogP contribution is -2.43. The van der Waals surface area contributed by atoms with Gasteiger partial charge in [0.05, 0.1) is 12.0 Å². The van der Waals surface area contributed by atoms with Crippen molar-refractivity contribution in [3.63, 3.8) is 0 Å². The lowest BCUT2D eigenvalue weighted by atomic mass is 9.91. The smallest absolute Gasteiger partial charge is 0.0672 e. The van der Waals surface area contributed by atoms with Gasteiger partial charge in [-0.15, -0.1) is 0 Å². The van der Waals surface area contributed by atoms with Crippen LogP contribution >= 0.6 is 0 Å². The van der Waals surface area contributed by atoms with Crippen LogP contribution in [0.3, 0.4) is 0 Å². The Hall–Kier alpha value is -0.550. The second-order valence-corrected chi connectivity index (χ2v) is 5.48. The Morgan fingerprint density at radius 2 is 1.44 bits per heavy atom. The molecule has 2 nitrogen and oxygen atoms in total. The third kappa shape index (κ3) is 3.22. The van der Waals surface area contributed by atoms with E-state index in [1.807, 2.05) is 0 Å². The molecule has 0 heterocycles. The van der Waals surface area contributed by atoms with Crippen LogP contribution in [-0.2, 0) is 0 Å². The summed E-state index contributed by atoms with van der Waals surface area (Å²) in [6.07, 6.45) is 13.0. The molecule has 2 atom stereocenters. The molecule has 90 valence electrons. The van der Waals surface area contributed by atoms with Crippen LogP contribution in [-0.4, -0.2) is 12.1 Å². The number of nitriles is 1. The Kier molecular flexibility index (Phi) is 4.66. The highest BCUT2D eigenvalue weighted by Gasteiger charge is 2.26. The molecule has 0 amide bonds. The zero-order chi connectivity index (χ0) is 11.2. The second-order valence-electron chi connectivity index (χ2n) is 5.48. The largest absolute Gasteiger partial charge is 0.310 e. The van der Waals surface area contributed by atoms with Crippen molar-refractivity contribution in [2.75, 3.05) is 0 Å². The van der Waals surface area contributed by atoms with E-state index in [4.69, 9.17) is 0 Å². The van der Waals surface area contributed by atoms with E-state index in [9.17, 15) is 5.26 Å². The predicted octanol–water partition coefficient (Wildman–Crippen LogP) is 3.38. The monoisotopic (exact) mass is 220 g/mol. The molecule has 0 saturated heterocycles. The van der Waals surface area contributed by atoms with Crippen LogP contribution in [0.5, 0.6) is 0 Å². The van der Waals surface area contributed by atoms with E-state index in [2.05, 4.69) is 11.4 Å². The molecule has 0 bridgehead atoms. The number of rotatable bonds is 2. The summed E-state index contributed by atoms with van der Waals surface area (Å²) >= 11 is 0. The van der Waals surface area contributed by atoms with Crippen molar-refractivity contribution in [2.45, 2.75) is 76.3 Å². The summed E-state index contributed by atoms with van der Waals surface area (Å²) in [4.78, 5) is 0. The minimum absolute atomic E-state index is 0.268. The molecule has 0 spiro atoms. The van der Waals surface area contributed by atoms with Crippen molar-refractivity contribution in [2.24, 2.45) is 5.92 Å². The number of hydrogen-bond acceptors (Lipinski definition) is 2. The number of nitrogens with zero attached hydrogens (tertiary/aromatic N) is 1. The molecular weight excluding hydrogens is 196 g/mol. The molecule has 2 unspecified atom stereocenters. The molecule has 2 fully saturated rings. The van der Waals surface area contributed by atoms with E-state index in [1.165, 1.54) is 57.8 Å². The number of hydrogen-bond donors (Lipinski definition) is 1. The van der Waals surface area contributed by atoms with Gasteiger partial charge in [-0.05, 0) is 25.7 Å². The molecule has 0 aromatic rings. The first-order valence-electron chi connectivity index (χ1n) is 7.06. The summed E-state index contributed by atoms with van der Waals surface area (Å²) < 4.78 is 0. The van der Waals surface area contributed by atoms with Gasteiger partial charge in [0.25, 0.3) is 0 Å². The highest BCUT2D eigenvalue weighted by molar-refractivity contribution is 4.95. The maximum Gasteiger partial charge on any atom is 0.0672 e. The maximum absolute atomic E-state index is 9.23. The molecule has 2 heteroatoms. The molecule has 0 radical (unpaired) electrons. The van der Waals surface area contributed by atoms with E-state index in [0.29, 0.717) is 12.1 Å². The SMILES string of the molecule is N#CC1CCCCCC1NC1CCCCC1. The lowest BCUT2D eigenvalue weighted by molar-refractivity contribution is 0.295. The van der Waals surface area contributed by atoms with Crippen molar-refractivity contribution >= 4 is 0 Å². The highest BCUT2D eigenvalue weighted by atomic mass is 15.0. The molecule has 0 aromatic carbocycles. The fourth-order valence-corrected chi connectivity index (χ4v) is 3.23. The molecule has 2 aliphatic carbocycles. The summed E-state index contributed by atoms with van der Waals surface area (Å²) in [5.74, 6) is 0.268. The van der Waals surface area contributed by atoms with Crippen LogP contribution in [0.1, 0.15) is 64.2 Å². The zero-order valence-electron chi connectivity index (χ0n) is 10.3. The Morgan fingerprint density at radius 1 is 0.812 bits per heavy atom. The first kappa shape index (κ1) is 11.9. The summed E-state index contributed by atoms with van der Waals surface area (Å²) in [7, 11) is 0. The predicted molar refractivity (Wildman–Crippen MR) is 66.0 cm³/mol. The van der Waals surface area contributed by atoms with E-state index in [0.717, 1.165) is 6.42 Å². The molecule has 2 aliphatic rings. The van der Waals surface area contributed by atoms with Gasteiger partial charge >= 0.3 is 0 Å². The van der Waals surface area contributed by atoms with Crippen molar-refractivity contribution in [1.82, 2.24) is 5.32 Å². The third-order valence-corrected chi connectivity index (χ3v) is 4.24. The maximum atomic E-state index is 9.23. The summed E-state index contributed by atoms with van der Waals surface area (Å²) in [6.45, 7) is 0. The number of nitrogens with one attached hydrogen (secondary N) is 1. The van der Waals surface area contributed by atoms with Crippen LogP contribution in [0.2, 0.25) is 0 Å². The van der Waals surface area contributed by atoms with E-state index >= 15 is 0 Å². The van der Waals surface area contributed by atoms with Gasteiger partial charge in [0.1, 0.15) is 0 Å². The summed E-state index contributed by atoms with van der Waals surface area (Å²) in [6, 6.07) is 3.70. The molecule has 16 heavy (non-hydrogen) atoms. The Bertz CT molecular complexity index is 238. The highest BCUT2D eigenvalue weighted by Crippen LogP contribution is 2.25. The fourth-order valence-electron chi connectivity index (χ4n) is 3.23. The van der Waals surface area contributed by atoms with Gasteiger partial charge in [-0.2, -0.15) is 5.26 Å². The van der Waals surface area contributed by atoms with Crippen LogP contribution in [0, 0.1) is 17.2 Å². The zero-order valence-corrected chi connectivity index (χ0v) is 10.3. The first-order chi connectivity index (χ1) is 7.90. The average Bonchev–Trinajstić information content (AvgIpc) is 2.55. The summed E-state index contributed by atoms with van der Waals surface area (Å²) in [5, 5.41) is 13.0. The van der Waals surface area contributed by atoms with Gasteiger partial charge < -0.3 is 5.32 Å². The van der Waals surface area contributed by atoms with Crippen molar-refractivity contribution in [3.05, 3.63) is 0 Å². The molecule has 2 saturated carbocycles. The molecular formula is C14H24N2. The van der Waals surface area contributed by atoms with Crippen LogP contribution in [0.25, 0.3) is 0 Å². The van der Waals surface area contributed by atoms with Crippen molar-refractivity contribution in [1.29, 1.82) is 5.26 Å². The van der Waals surface area contributed by atoms with Gasteiger partial charge in [0.15, 0.2) is 0 Å². The quantitative estimate of drug-likeness (QED) is 0.724. The third-order valence-electron chi connectivity index (χ3n) is 4.24. The normalized spacial score (nSPS) is 32.9. The first-order valence-corrected chi connectivity index (χ1v) is 7.06. The molecule has 2 rings (SSSR count). The van der Waals surface area contributed by atoms with E-state index in [-0.39, 0.29) is 5.92 Å². The van der Waals surface area contributed by atoms with Crippen molar-refractivity contribution < 1.29 is 0 Å². The van der Waals surface area contributed by atoms with Crippen LogP contribution in [0.4, 0.5) is 0 Å². The van der Waals surface area contributed by atoms with Crippen LogP contribution < -0.4 is 5.32 Å². The minimum atomic E-state index is 0.268. The lowest BCUT2D eigenvalue weighted by Gasteiger charge is -2.30. The van der Waals surface area contributed by atoms with Crippen LogP contribution in [0.15, 0.2) is 0 Å². The van der Waals surface area contributed by atoms with Gasteiger partial charge in [-0.1, -0.05) is 38.5 Å². The Labute approximate surface area is 99.4 Å². The standard InChI is InChI=1S/C14H24N2/c15-11-12-7-3-1-6-10-14(12)16-13-8-4-2-5-9-13/h12-14,16H,1-10H2. The Morgan fingerprint density at radius 3 is 2.12 bits per heavy atom. The van der Waals surface area contributed by atoms with Gasteiger partial charge in [-0.25, -0.2) is 0 Å². The molecule has 1 N–H and O–H groups in total. The van der Waals surface area contributed by atoms with Gasteiger partial charge in [-0.3, -0.25) is 0 Å². The fraction of sp³-hybridized carbons (Fsp3) is 0.929. The minimum Gasteiger partial charge on any atom is -0.310 e. The van der Waals surface area contributed by atoms with E-state index < -0.39 is 0 Å². The van der Waals surface area contributed by atoms with Gasteiger partial charge in [0.2, 0.25) is 0 Å². The molecule has 0 aromatic heterocycles. The topological polar surface area (TPSA) is 35.8 Å². The van der Waals surface area contributed by atoms with Gasteiger partial charge in [0, 0.05) is 12.1 Å². The molecule has 0 aliphatic heterocycles. The average molecular weight is 220 g/mol.